The van der Waals surface area contributed by atoms with Gasteiger partial charge in [-0.2, -0.15) is 0 Å². The van der Waals surface area contributed by atoms with E-state index in [1.54, 1.807) is 0 Å². The zero-order valence-corrected chi connectivity index (χ0v) is 14.6. The van der Waals surface area contributed by atoms with Crippen LogP contribution in [-0.2, 0) is 11.3 Å². The Morgan fingerprint density at radius 2 is 1.95 bits per heavy atom. The van der Waals surface area contributed by atoms with Crippen LogP contribution in [0.2, 0.25) is 0 Å². The summed E-state index contributed by atoms with van der Waals surface area (Å²) in [6.07, 6.45) is 4.71. The molecule has 0 amide bonds. The van der Waals surface area contributed by atoms with Gasteiger partial charge in [0.25, 0.3) is 0 Å². The van der Waals surface area contributed by atoms with Crippen LogP contribution in [0.5, 0.6) is 0 Å². The van der Waals surface area contributed by atoms with Crippen molar-refractivity contribution in [1.29, 1.82) is 0 Å². The fourth-order valence-electron chi connectivity index (χ4n) is 1.74. The van der Waals surface area contributed by atoms with Crippen molar-refractivity contribution in [1.82, 2.24) is 0 Å². The molecule has 1 atom stereocenters. The summed E-state index contributed by atoms with van der Waals surface area (Å²) in [5.41, 5.74) is 6.39. The molecule has 0 aliphatic carbocycles. The van der Waals surface area contributed by atoms with Crippen LogP contribution < -0.4 is 35.9 Å². The molecule has 0 spiro atoms. The SMILES string of the molecule is [Cl-].[Cl-].[NH3+][C@@H](COCc1ccc(I)cc1)CC1=C[NH2+]C=N1. The van der Waals surface area contributed by atoms with Gasteiger partial charge in [0.1, 0.15) is 17.9 Å². The Hall–Kier alpha value is -0.180. The van der Waals surface area contributed by atoms with Crippen molar-refractivity contribution >= 4 is 28.9 Å². The third kappa shape index (κ3) is 7.01. The Bertz CT molecular complexity index is 451. The minimum absolute atomic E-state index is 0. The molecule has 4 nitrogen and oxygen atoms in total. The highest BCUT2D eigenvalue weighted by Crippen LogP contribution is 2.09. The number of aliphatic imine (C=N–C) groups is 1. The lowest BCUT2D eigenvalue weighted by Gasteiger charge is -2.08. The lowest BCUT2D eigenvalue weighted by molar-refractivity contribution is -0.449. The molecular formula is C13H18Cl2IN3O. The van der Waals surface area contributed by atoms with Gasteiger partial charge in [-0.05, 0) is 40.3 Å². The number of rotatable bonds is 6. The Balaban J connectivity index is 0.00000180. The lowest BCUT2D eigenvalue weighted by atomic mass is 10.2. The van der Waals surface area contributed by atoms with Crippen LogP contribution in [-0.4, -0.2) is 19.0 Å². The highest BCUT2D eigenvalue weighted by Gasteiger charge is 2.12. The first kappa shape index (κ1) is 19.8. The number of ether oxygens (including phenoxy) is 1. The first-order valence-corrected chi connectivity index (χ1v) is 7.04. The summed E-state index contributed by atoms with van der Waals surface area (Å²) < 4.78 is 6.92. The second kappa shape index (κ2) is 10.5. The number of hydrogen-bond donors (Lipinski definition) is 2. The van der Waals surface area contributed by atoms with Crippen molar-refractivity contribution in [2.45, 2.75) is 19.1 Å². The van der Waals surface area contributed by atoms with E-state index in [0.717, 1.165) is 12.1 Å². The minimum atomic E-state index is 0. The lowest BCUT2D eigenvalue weighted by Crippen LogP contribution is -3.00. The standard InChI is InChI=1S/C13H16IN3O.2ClH/c14-11-3-1-10(2-4-11)7-18-8-12(15)5-13-6-16-9-17-13;;/h1-4,6,9,12H,5,7-8,15H2,(H,16,17);2*1H/t12-;;/m1../s1. The monoisotopic (exact) mass is 429 g/mol. The molecule has 1 aromatic rings. The molecule has 112 valence electrons. The van der Waals surface area contributed by atoms with E-state index in [1.807, 2.05) is 17.9 Å². The van der Waals surface area contributed by atoms with Gasteiger partial charge in [0, 0.05) is 9.99 Å². The van der Waals surface area contributed by atoms with E-state index >= 15 is 0 Å². The van der Waals surface area contributed by atoms with Crippen molar-refractivity contribution in [3.05, 3.63) is 45.3 Å². The summed E-state index contributed by atoms with van der Waals surface area (Å²) in [4.78, 5) is 4.24. The molecule has 0 radical (unpaired) electrons. The summed E-state index contributed by atoms with van der Waals surface area (Å²) >= 11 is 2.30. The summed E-state index contributed by atoms with van der Waals surface area (Å²) in [5.74, 6) is 0. The highest BCUT2D eigenvalue weighted by atomic mass is 127. The molecule has 0 unspecified atom stereocenters. The molecule has 0 saturated heterocycles. The molecule has 0 saturated carbocycles. The second-order valence-corrected chi connectivity index (χ2v) is 5.59. The third-order valence-electron chi connectivity index (χ3n) is 2.65. The molecule has 0 fully saturated rings. The van der Waals surface area contributed by atoms with Gasteiger partial charge in [-0.25, -0.2) is 4.99 Å². The van der Waals surface area contributed by atoms with Gasteiger partial charge in [0.15, 0.2) is 6.34 Å². The fraction of sp³-hybridized carbons (Fsp3) is 0.308. The van der Waals surface area contributed by atoms with Crippen molar-refractivity contribution < 1.29 is 40.6 Å². The van der Waals surface area contributed by atoms with Crippen LogP contribution in [0.25, 0.3) is 0 Å². The molecule has 1 aliphatic heterocycles. The number of hydrogen-bond acceptors (Lipinski definition) is 2. The first-order chi connectivity index (χ1) is 8.74. The Kier molecular flexibility index (Phi) is 10.4. The van der Waals surface area contributed by atoms with Gasteiger partial charge in [-0.15, -0.1) is 0 Å². The minimum Gasteiger partial charge on any atom is -1.00 e. The average molecular weight is 430 g/mol. The van der Waals surface area contributed by atoms with Gasteiger partial charge in [0.05, 0.1) is 13.2 Å². The van der Waals surface area contributed by atoms with Crippen LogP contribution in [0.1, 0.15) is 12.0 Å². The summed E-state index contributed by atoms with van der Waals surface area (Å²) in [6, 6.07) is 8.63. The predicted octanol–water partition coefficient (Wildman–Crippen LogP) is -5.74. The van der Waals surface area contributed by atoms with Crippen molar-refractivity contribution in [3.63, 3.8) is 0 Å². The second-order valence-electron chi connectivity index (χ2n) is 4.34. The molecule has 20 heavy (non-hydrogen) atoms. The molecular weight excluding hydrogens is 412 g/mol. The molecule has 1 aliphatic rings. The van der Waals surface area contributed by atoms with Gasteiger partial charge < -0.3 is 35.3 Å². The number of quaternary nitrogens is 2. The van der Waals surface area contributed by atoms with Crippen LogP contribution in [0.15, 0.2) is 41.2 Å². The summed E-state index contributed by atoms with van der Waals surface area (Å²) in [6.45, 7) is 1.32. The molecule has 2 rings (SSSR count). The molecule has 7 heteroatoms. The topological polar surface area (TPSA) is 65.8 Å². The van der Waals surface area contributed by atoms with Gasteiger partial charge in [-0.1, -0.05) is 12.1 Å². The normalized spacial score (nSPS) is 14.2. The fourth-order valence-corrected chi connectivity index (χ4v) is 2.10. The average Bonchev–Trinajstić information content (AvgIpc) is 2.84. The van der Waals surface area contributed by atoms with Crippen molar-refractivity contribution in [2.75, 3.05) is 6.61 Å². The highest BCUT2D eigenvalue weighted by molar-refractivity contribution is 14.1. The summed E-state index contributed by atoms with van der Waals surface area (Å²) in [7, 11) is 0. The molecule has 1 heterocycles. The van der Waals surface area contributed by atoms with Crippen LogP contribution >= 0.6 is 22.6 Å². The maximum atomic E-state index is 5.68. The van der Waals surface area contributed by atoms with E-state index in [4.69, 9.17) is 4.74 Å². The van der Waals surface area contributed by atoms with E-state index < -0.39 is 0 Å². The quantitative estimate of drug-likeness (QED) is 0.435. The molecule has 1 aromatic carbocycles. The number of benzene rings is 1. The molecule has 0 aromatic heterocycles. The van der Waals surface area contributed by atoms with E-state index in [-0.39, 0.29) is 30.9 Å². The van der Waals surface area contributed by atoms with Crippen LogP contribution in [0.4, 0.5) is 0 Å². The first-order valence-electron chi connectivity index (χ1n) is 5.96. The maximum absolute atomic E-state index is 5.68. The summed E-state index contributed by atoms with van der Waals surface area (Å²) in [5, 5.41) is 1.95. The van der Waals surface area contributed by atoms with Gasteiger partial charge >= 0.3 is 0 Å². The molecule has 5 N–H and O–H groups in total. The smallest absolute Gasteiger partial charge is 0.191 e. The Morgan fingerprint density at radius 1 is 1.25 bits per heavy atom. The van der Waals surface area contributed by atoms with Crippen molar-refractivity contribution in [3.8, 4) is 0 Å². The maximum Gasteiger partial charge on any atom is 0.191 e. The number of nitrogens with zero attached hydrogens (tertiary/aromatic N) is 1. The Morgan fingerprint density at radius 3 is 2.55 bits per heavy atom. The van der Waals surface area contributed by atoms with Gasteiger partial charge in [0.2, 0.25) is 0 Å². The number of halogens is 3. The predicted molar refractivity (Wildman–Crippen MR) is 78.6 cm³/mol. The van der Waals surface area contributed by atoms with E-state index in [0.29, 0.717) is 13.2 Å². The van der Waals surface area contributed by atoms with E-state index in [1.165, 1.54) is 9.13 Å². The zero-order chi connectivity index (χ0) is 12.8. The zero-order valence-electron chi connectivity index (χ0n) is 10.9. The number of nitrogens with two attached hydrogens (primary N) is 1. The van der Waals surface area contributed by atoms with E-state index in [9.17, 15) is 0 Å². The van der Waals surface area contributed by atoms with Gasteiger partial charge in [-0.3, -0.25) is 5.32 Å². The Labute approximate surface area is 145 Å². The third-order valence-corrected chi connectivity index (χ3v) is 3.37. The molecule has 0 bridgehead atoms. The van der Waals surface area contributed by atoms with Crippen LogP contribution in [0, 0.1) is 3.57 Å². The van der Waals surface area contributed by atoms with E-state index in [2.05, 4.69) is 57.6 Å². The van der Waals surface area contributed by atoms with Crippen LogP contribution in [0.3, 0.4) is 0 Å². The van der Waals surface area contributed by atoms with Crippen molar-refractivity contribution in [2.24, 2.45) is 4.99 Å². The largest absolute Gasteiger partial charge is 1.00 e.